The predicted octanol–water partition coefficient (Wildman–Crippen LogP) is 6.11. The van der Waals surface area contributed by atoms with Crippen molar-refractivity contribution in [1.82, 2.24) is 47.0 Å². The lowest BCUT2D eigenvalue weighted by Gasteiger charge is -2.36. The zero-order chi connectivity index (χ0) is 41.4. The number of hydrazine groups is 2. The maximum atomic E-state index is 12.7. The number of hydrogen-bond acceptors (Lipinski definition) is 9. The minimum atomic E-state index is -0.354. The van der Waals surface area contributed by atoms with Crippen LogP contribution in [0.25, 0.3) is 0 Å². The van der Waals surface area contributed by atoms with Crippen molar-refractivity contribution in [3.63, 3.8) is 0 Å². The van der Waals surface area contributed by atoms with Gasteiger partial charge in [-0.2, -0.15) is 0 Å². The molecule has 0 atom stereocenters. The second-order valence-corrected chi connectivity index (χ2v) is 19.0. The molecule has 0 heterocycles. The van der Waals surface area contributed by atoms with Crippen LogP contribution in [0.1, 0.15) is 136 Å². The highest BCUT2D eigenvalue weighted by Crippen LogP contribution is 2.37. The number of nitrogens with zero attached hydrogens (tertiary/aromatic N) is 3. The van der Waals surface area contributed by atoms with Gasteiger partial charge in [0.05, 0.1) is 0 Å². The Morgan fingerprint density at radius 1 is 0.474 bits per heavy atom. The summed E-state index contributed by atoms with van der Waals surface area (Å²) in [6, 6.07) is 0.571. The molecule has 0 radical (unpaired) electrons. The lowest BCUT2D eigenvalue weighted by atomic mass is 9.76. The van der Waals surface area contributed by atoms with E-state index in [9.17, 15) is 19.2 Å². The van der Waals surface area contributed by atoms with Crippen LogP contribution in [0.2, 0.25) is 0 Å². The van der Waals surface area contributed by atoms with E-state index >= 15 is 0 Å². The zero-order valence-electron chi connectivity index (χ0n) is 36.5. The Bertz CT molecular complexity index is 1130. The molecule has 0 bridgehead atoms. The Hall–Kier alpha value is -3.04. The topological polar surface area (TPSA) is 169 Å². The molecule has 15 nitrogen and oxygen atoms in total. The Balaban J connectivity index is 1.02. The van der Waals surface area contributed by atoms with Crippen LogP contribution in [0, 0.1) is 23.7 Å². The highest BCUT2D eigenvalue weighted by molar-refractivity contribution is 5.74. The van der Waals surface area contributed by atoms with Crippen molar-refractivity contribution < 1.29 is 28.7 Å². The largest absolute Gasteiger partial charge is 0.448 e. The molecule has 0 aromatic rings. The second-order valence-electron chi connectivity index (χ2n) is 19.0. The van der Waals surface area contributed by atoms with Gasteiger partial charge in [0.2, 0.25) is 0 Å². The van der Waals surface area contributed by atoms with E-state index < -0.39 is 0 Å². The predicted molar refractivity (Wildman–Crippen MR) is 223 cm³/mol. The van der Waals surface area contributed by atoms with E-state index in [1.165, 1.54) is 12.8 Å². The summed E-state index contributed by atoms with van der Waals surface area (Å²) in [5.41, 5.74) is 5.34. The summed E-state index contributed by atoms with van der Waals surface area (Å²) in [6.07, 6.45) is 19.0. The molecule has 4 aliphatic rings. The summed E-state index contributed by atoms with van der Waals surface area (Å²) in [5.74, 6) is 2.84. The third-order valence-corrected chi connectivity index (χ3v) is 12.8. The molecule has 0 aromatic carbocycles. The summed E-state index contributed by atoms with van der Waals surface area (Å²) in [4.78, 5) is 51.6. The fourth-order valence-electron chi connectivity index (χ4n) is 9.65. The molecule has 0 spiro atoms. The van der Waals surface area contributed by atoms with Gasteiger partial charge in [0.25, 0.3) is 0 Å². The molecule has 4 rings (SSSR count). The lowest BCUT2D eigenvalue weighted by Crippen LogP contribution is -2.48. The molecular weight excluding hydrogens is 727 g/mol. The third-order valence-electron chi connectivity index (χ3n) is 12.8. The summed E-state index contributed by atoms with van der Waals surface area (Å²) in [7, 11) is 7.24. The number of hydrogen-bond donors (Lipinski definition) is 6. The Labute approximate surface area is 343 Å². The van der Waals surface area contributed by atoms with Crippen molar-refractivity contribution in [3.05, 3.63) is 0 Å². The summed E-state index contributed by atoms with van der Waals surface area (Å²) >= 11 is 0. The summed E-state index contributed by atoms with van der Waals surface area (Å²) in [6.45, 7) is 8.00. The standard InChI is InChI=1S/C42H79N9O6/c1-42(2,3)51(24-26-56-40(54)45-36-20-12-32(13-21-36)28-30-8-16-34(17-9-30)43-38(52)47-49(4)5)25-27-57-41(55)46-37-22-14-33(15-23-37)29-31-10-18-35(19-11-31)44-39(53)48-50(6)7/h30-37H,8-29H2,1-7H3,(H,45,54)(H,46,55)(H2,43,47,52)(H2,44,48,53). The van der Waals surface area contributed by atoms with Gasteiger partial charge in [-0.25, -0.2) is 29.2 Å². The third kappa shape index (κ3) is 18.2. The fraction of sp³-hybridized carbons (Fsp3) is 0.905. The van der Waals surface area contributed by atoms with E-state index in [1.54, 1.807) is 10.0 Å². The van der Waals surface area contributed by atoms with E-state index in [1.807, 2.05) is 28.2 Å². The Morgan fingerprint density at radius 2 is 0.754 bits per heavy atom. The van der Waals surface area contributed by atoms with Gasteiger partial charge >= 0.3 is 24.2 Å². The zero-order valence-corrected chi connectivity index (χ0v) is 36.5. The summed E-state index contributed by atoms with van der Waals surface area (Å²) in [5, 5.41) is 15.7. The summed E-state index contributed by atoms with van der Waals surface area (Å²) < 4.78 is 11.2. The molecule has 0 saturated heterocycles. The van der Waals surface area contributed by atoms with Crippen LogP contribution in [0.5, 0.6) is 0 Å². The first-order chi connectivity index (χ1) is 27.1. The monoisotopic (exact) mass is 806 g/mol. The molecule has 4 fully saturated rings. The van der Waals surface area contributed by atoms with Crippen molar-refractivity contribution in [2.75, 3.05) is 54.5 Å². The lowest BCUT2D eigenvalue weighted by molar-refractivity contribution is 0.0613. The van der Waals surface area contributed by atoms with Crippen LogP contribution in [0.3, 0.4) is 0 Å². The van der Waals surface area contributed by atoms with Gasteiger partial charge in [-0.3, -0.25) is 15.8 Å². The smallest absolute Gasteiger partial charge is 0.407 e. The average Bonchev–Trinajstić information content (AvgIpc) is 3.13. The van der Waals surface area contributed by atoms with Crippen LogP contribution in [-0.2, 0) is 9.47 Å². The first-order valence-corrected chi connectivity index (χ1v) is 22.2. The van der Waals surface area contributed by atoms with Crippen LogP contribution < -0.4 is 32.1 Å². The van der Waals surface area contributed by atoms with Crippen LogP contribution in [-0.4, -0.2) is 123 Å². The van der Waals surface area contributed by atoms with Gasteiger partial charge in [0.1, 0.15) is 13.2 Å². The minimum absolute atomic E-state index is 0.126. The molecule has 4 saturated carbocycles. The highest BCUT2D eigenvalue weighted by Gasteiger charge is 2.30. The van der Waals surface area contributed by atoms with Gasteiger partial charge in [-0.1, -0.05) is 0 Å². The molecule has 6 amide bonds. The van der Waals surface area contributed by atoms with E-state index in [0.717, 1.165) is 115 Å². The second kappa shape index (κ2) is 23.5. The first kappa shape index (κ1) is 46.6. The quantitative estimate of drug-likeness (QED) is 0.101. The minimum Gasteiger partial charge on any atom is -0.448 e. The molecule has 4 aliphatic carbocycles. The van der Waals surface area contributed by atoms with Crippen LogP contribution in [0.4, 0.5) is 19.2 Å². The Kier molecular flexibility index (Phi) is 19.3. The highest BCUT2D eigenvalue weighted by atomic mass is 16.6. The number of urea groups is 2. The van der Waals surface area contributed by atoms with E-state index in [-0.39, 0.29) is 67.2 Å². The fourth-order valence-corrected chi connectivity index (χ4v) is 9.65. The molecule has 57 heavy (non-hydrogen) atoms. The molecule has 328 valence electrons. The SMILES string of the molecule is CN(C)NC(=O)NC1CCC(CC2CCC(NC(=O)OCCN(CCOC(=O)NC3CCC(CC4CCC(NC(=O)NN(C)C)CC4)CC3)C(C)(C)C)CC2)CC1. The number of alkyl carbamates (subject to hydrolysis) is 2. The number of ether oxygens (including phenoxy) is 2. The molecular formula is C42H79N9O6. The number of carbonyl (C=O) groups excluding carboxylic acids is 4. The number of carbonyl (C=O) groups is 4. The van der Waals surface area contributed by atoms with E-state index in [0.29, 0.717) is 24.9 Å². The number of amides is 6. The van der Waals surface area contributed by atoms with Gasteiger partial charge < -0.3 is 30.7 Å². The maximum Gasteiger partial charge on any atom is 0.407 e. The number of rotatable bonds is 16. The van der Waals surface area contributed by atoms with Crippen molar-refractivity contribution >= 4 is 24.2 Å². The van der Waals surface area contributed by atoms with E-state index in [4.69, 9.17) is 9.47 Å². The van der Waals surface area contributed by atoms with Crippen molar-refractivity contribution in [3.8, 4) is 0 Å². The van der Waals surface area contributed by atoms with Crippen molar-refractivity contribution in [1.29, 1.82) is 0 Å². The first-order valence-electron chi connectivity index (χ1n) is 22.2. The molecule has 15 heteroatoms. The van der Waals surface area contributed by atoms with Gasteiger partial charge in [-0.15, -0.1) is 0 Å². The average molecular weight is 806 g/mol. The van der Waals surface area contributed by atoms with Crippen molar-refractivity contribution in [2.45, 2.75) is 166 Å². The molecule has 6 N–H and O–H groups in total. The maximum absolute atomic E-state index is 12.7. The van der Waals surface area contributed by atoms with Gasteiger partial charge in [0.15, 0.2) is 0 Å². The van der Waals surface area contributed by atoms with Gasteiger partial charge in [-0.05, 0) is 160 Å². The Morgan fingerprint density at radius 3 is 1.02 bits per heavy atom. The van der Waals surface area contributed by atoms with E-state index in [2.05, 4.69) is 57.8 Å². The molecule has 0 aliphatic heterocycles. The van der Waals surface area contributed by atoms with Crippen LogP contribution in [0.15, 0.2) is 0 Å². The van der Waals surface area contributed by atoms with Gasteiger partial charge in [0, 0.05) is 71.0 Å². The number of nitrogens with one attached hydrogen (secondary N) is 6. The molecule has 0 aromatic heterocycles. The normalized spacial score (nSPS) is 28.3. The van der Waals surface area contributed by atoms with Crippen molar-refractivity contribution in [2.24, 2.45) is 23.7 Å². The molecule has 0 unspecified atom stereocenters. The van der Waals surface area contributed by atoms with Crippen LogP contribution >= 0.6 is 0 Å².